The van der Waals surface area contributed by atoms with Gasteiger partial charge in [0.1, 0.15) is 5.75 Å². The zero-order valence-corrected chi connectivity index (χ0v) is 15.2. The number of carbonyl (C=O) groups is 2. The van der Waals surface area contributed by atoms with Crippen molar-refractivity contribution >= 4 is 23.5 Å². The van der Waals surface area contributed by atoms with Crippen molar-refractivity contribution in [2.24, 2.45) is 0 Å². The smallest absolute Gasteiger partial charge is 0.306 e. The van der Waals surface area contributed by atoms with Crippen molar-refractivity contribution in [3.05, 3.63) is 65.2 Å². The average Bonchev–Trinajstić information content (AvgIpc) is 2.66. The molecule has 0 heterocycles. The zero-order valence-electron chi connectivity index (χ0n) is 14.4. The maximum absolute atomic E-state index is 11.7. The number of amides is 1. The van der Waals surface area contributed by atoms with Crippen molar-refractivity contribution in [1.82, 2.24) is 5.32 Å². The van der Waals surface area contributed by atoms with Gasteiger partial charge in [0, 0.05) is 18.0 Å². The van der Waals surface area contributed by atoms with E-state index >= 15 is 0 Å². The highest BCUT2D eigenvalue weighted by Gasteiger charge is 2.07. The maximum Gasteiger partial charge on any atom is 0.306 e. The van der Waals surface area contributed by atoms with Gasteiger partial charge in [-0.05, 0) is 42.7 Å². The second-order valence-electron chi connectivity index (χ2n) is 5.65. The van der Waals surface area contributed by atoms with E-state index in [9.17, 15) is 9.59 Å². The van der Waals surface area contributed by atoms with Crippen molar-refractivity contribution in [3.63, 3.8) is 0 Å². The van der Waals surface area contributed by atoms with Gasteiger partial charge in [-0.15, -0.1) is 0 Å². The van der Waals surface area contributed by atoms with Crippen LogP contribution in [-0.2, 0) is 20.7 Å². The molecule has 1 amide bonds. The summed E-state index contributed by atoms with van der Waals surface area (Å²) in [5.41, 5.74) is 1.07. The van der Waals surface area contributed by atoms with Crippen molar-refractivity contribution in [2.45, 2.75) is 19.3 Å². The lowest BCUT2D eigenvalue weighted by molar-refractivity contribution is -0.148. The minimum Gasteiger partial charge on any atom is -0.494 e. The van der Waals surface area contributed by atoms with Crippen LogP contribution < -0.4 is 10.1 Å². The topological polar surface area (TPSA) is 64.6 Å². The fraction of sp³-hybridized carbons (Fsp3) is 0.300. The van der Waals surface area contributed by atoms with Crippen LogP contribution in [0.2, 0.25) is 5.02 Å². The predicted molar refractivity (Wildman–Crippen MR) is 100 cm³/mol. The summed E-state index contributed by atoms with van der Waals surface area (Å²) >= 11 is 5.82. The van der Waals surface area contributed by atoms with E-state index in [4.69, 9.17) is 21.1 Å². The van der Waals surface area contributed by atoms with Gasteiger partial charge in [-0.1, -0.05) is 41.9 Å². The largest absolute Gasteiger partial charge is 0.494 e. The SMILES string of the molecule is O=C(COC(=O)CCCOc1ccccc1)NCCc1ccc(Cl)cc1. The molecule has 26 heavy (non-hydrogen) atoms. The predicted octanol–water partition coefficient (Wildman–Crippen LogP) is 3.40. The number of para-hydroxylation sites is 1. The molecule has 2 rings (SSSR count). The van der Waals surface area contributed by atoms with Gasteiger partial charge in [-0.2, -0.15) is 0 Å². The molecule has 0 bridgehead atoms. The number of nitrogens with one attached hydrogen (secondary N) is 1. The number of hydrogen-bond donors (Lipinski definition) is 1. The second-order valence-corrected chi connectivity index (χ2v) is 6.09. The molecule has 138 valence electrons. The molecule has 0 atom stereocenters. The lowest BCUT2D eigenvalue weighted by atomic mass is 10.1. The third-order valence-corrected chi connectivity index (χ3v) is 3.80. The molecule has 0 aliphatic carbocycles. The van der Waals surface area contributed by atoms with Crippen LogP contribution in [0.3, 0.4) is 0 Å². The molecule has 0 spiro atoms. The molecule has 0 aliphatic rings. The van der Waals surface area contributed by atoms with Crippen molar-refractivity contribution in [1.29, 1.82) is 0 Å². The Morgan fingerprint density at radius 3 is 2.46 bits per heavy atom. The molecule has 0 saturated carbocycles. The molecule has 5 nitrogen and oxygen atoms in total. The minimum absolute atomic E-state index is 0.213. The van der Waals surface area contributed by atoms with Crippen LogP contribution in [0.5, 0.6) is 5.75 Å². The molecule has 0 unspecified atom stereocenters. The third kappa shape index (κ3) is 8.03. The Kier molecular flexibility index (Phi) is 8.49. The van der Waals surface area contributed by atoms with Crippen LogP contribution in [0, 0.1) is 0 Å². The van der Waals surface area contributed by atoms with E-state index in [1.165, 1.54) is 0 Å². The fourth-order valence-corrected chi connectivity index (χ4v) is 2.32. The molecule has 2 aromatic carbocycles. The fourth-order valence-electron chi connectivity index (χ4n) is 2.19. The highest BCUT2D eigenvalue weighted by Crippen LogP contribution is 2.10. The minimum atomic E-state index is -0.408. The number of halogens is 1. The number of ether oxygens (including phenoxy) is 2. The summed E-state index contributed by atoms with van der Waals surface area (Å²) in [6.45, 7) is 0.633. The van der Waals surface area contributed by atoms with Gasteiger partial charge in [0.05, 0.1) is 6.61 Å². The highest BCUT2D eigenvalue weighted by atomic mass is 35.5. The molecule has 0 saturated heterocycles. The van der Waals surface area contributed by atoms with E-state index in [-0.39, 0.29) is 18.9 Å². The summed E-state index contributed by atoms with van der Waals surface area (Å²) in [4.78, 5) is 23.3. The van der Waals surface area contributed by atoms with E-state index < -0.39 is 5.97 Å². The van der Waals surface area contributed by atoms with Crippen molar-refractivity contribution < 1.29 is 19.1 Å². The highest BCUT2D eigenvalue weighted by molar-refractivity contribution is 6.30. The Labute approximate surface area is 158 Å². The lowest BCUT2D eigenvalue weighted by Gasteiger charge is -2.08. The van der Waals surface area contributed by atoms with E-state index in [2.05, 4.69) is 5.32 Å². The Hall–Kier alpha value is -2.53. The van der Waals surface area contributed by atoms with Crippen molar-refractivity contribution in [2.75, 3.05) is 19.8 Å². The molecule has 0 aromatic heterocycles. The van der Waals surface area contributed by atoms with Gasteiger partial charge < -0.3 is 14.8 Å². The lowest BCUT2D eigenvalue weighted by Crippen LogP contribution is -2.30. The van der Waals surface area contributed by atoms with Gasteiger partial charge >= 0.3 is 5.97 Å². The van der Waals surface area contributed by atoms with Crippen molar-refractivity contribution in [3.8, 4) is 5.75 Å². The summed E-state index contributed by atoms with van der Waals surface area (Å²) in [7, 11) is 0. The van der Waals surface area contributed by atoms with E-state index in [1.807, 2.05) is 54.6 Å². The zero-order chi connectivity index (χ0) is 18.6. The average molecular weight is 376 g/mol. The molecule has 2 aromatic rings. The first kappa shape index (κ1) is 19.8. The first-order chi connectivity index (χ1) is 12.6. The van der Waals surface area contributed by atoms with E-state index in [0.29, 0.717) is 31.0 Å². The van der Waals surface area contributed by atoms with Gasteiger partial charge in [-0.3, -0.25) is 9.59 Å². The van der Waals surface area contributed by atoms with Gasteiger partial charge in [0.25, 0.3) is 5.91 Å². The molecule has 1 N–H and O–H groups in total. The Bertz CT molecular complexity index is 689. The van der Waals surface area contributed by atoms with Gasteiger partial charge in [0.15, 0.2) is 6.61 Å². The number of esters is 1. The first-order valence-electron chi connectivity index (χ1n) is 8.48. The standard InChI is InChI=1S/C20H22ClNO4/c21-17-10-8-16(9-11-17)12-13-22-19(23)15-26-20(24)7-4-14-25-18-5-2-1-3-6-18/h1-3,5-6,8-11H,4,7,12-15H2,(H,22,23). The summed E-state index contributed by atoms with van der Waals surface area (Å²) in [6, 6.07) is 16.8. The summed E-state index contributed by atoms with van der Waals surface area (Å²) < 4.78 is 10.4. The van der Waals surface area contributed by atoms with Crippen LogP contribution in [-0.4, -0.2) is 31.6 Å². The van der Waals surface area contributed by atoms with Gasteiger partial charge in [-0.25, -0.2) is 0 Å². The second kappa shape index (κ2) is 11.2. The summed E-state index contributed by atoms with van der Waals surface area (Å²) in [5.74, 6) is 0.0447. The molecule has 0 aliphatic heterocycles. The molecule has 0 radical (unpaired) electrons. The molecular weight excluding hydrogens is 354 g/mol. The van der Waals surface area contributed by atoms with Crippen LogP contribution in [0.25, 0.3) is 0 Å². The molecular formula is C20H22ClNO4. The number of carbonyl (C=O) groups excluding carboxylic acids is 2. The van der Waals surface area contributed by atoms with E-state index in [0.717, 1.165) is 11.3 Å². The Balaban J connectivity index is 1.51. The van der Waals surface area contributed by atoms with Crippen LogP contribution in [0.1, 0.15) is 18.4 Å². The third-order valence-electron chi connectivity index (χ3n) is 3.55. The van der Waals surface area contributed by atoms with Crippen LogP contribution in [0.15, 0.2) is 54.6 Å². The van der Waals surface area contributed by atoms with Crippen LogP contribution >= 0.6 is 11.6 Å². The Morgan fingerprint density at radius 1 is 1.00 bits per heavy atom. The number of benzene rings is 2. The Morgan fingerprint density at radius 2 is 1.73 bits per heavy atom. The van der Waals surface area contributed by atoms with E-state index in [1.54, 1.807) is 0 Å². The summed E-state index contributed by atoms with van der Waals surface area (Å²) in [6.07, 6.45) is 1.44. The monoisotopic (exact) mass is 375 g/mol. The number of hydrogen-bond acceptors (Lipinski definition) is 4. The van der Waals surface area contributed by atoms with Gasteiger partial charge in [0.2, 0.25) is 0 Å². The number of rotatable bonds is 10. The molecule has 6 heteroatoms. The maximum atomic E-state index is 11.7. The van der Waals surface area contributed by atoms with Crippen LogP contribution in [0.4, 0.5) is 0 Å². The summed E-state index contributed by atoms with van der Waals surface area (Å²) in [5, 5.41) is 3.40. The first-order valence-corrected chi connectivity index (χ1v) is 8.86. The quantitative estimate of drug-likeness (QED) is 0.510. The normalized spacial score (nSPS) is 10.2. The molecule has 0 fully saturated rings.